The number of anilines is 2. The first kappa shape index (κ1) is 24.3. The van der Waals surface area contributed by atoms with E-state index < -0.39 is 11.9 Å². The van der Waals surface area contributed by atoms with E-state index in [1.54, 1.807) is 31.8 Å². The van der Waals surface area contributed by atoms with E-state index in [1.807, 2.05) is 31.2 Å². The lowest BCUT2D eigenvalue weighted by Gasteiger charge is -2.09. The van der Waals surface area contributed by atoms with Crippen LogP contribution in [0.1, 0.15) is 50.6 Å². The average Bonchev–Trinajstić information content (AvgIpc) is 3.33. The zero-order valence-electron chi connectivity index (χ0n) is 18.8. The van der Waals surface area contributed by atoms with Gasteiger partial charge < -0.3 is 14.8 Å². The predicted octanol–water partition coefficient (Wildman–Crippen LogP) is 4.17. The van der Waals surface area contributed by atoms with Gasteiger partial charge in [-0.25, -0.2) is 19.3 Å². The molecule has 33 heavy (non-hydrogen) atoms. The van der Waals surface area contributed by atoms with Crippen molar-refractivity contribution in [1.29, 1.82) is 0 Å². The number of benzene rings is 1. The number of nitrogens with one attached hydrogen (secondary N) is 2. The van der Waals surface area contributed by atoms with Gasteiger partial charge in [0.1, 0.15) is 16.2 Å². The fourth-order valence-corrected chi connectivity index (χ4v) is 4.34. The largest absolute Gasteiger partial charge is 0.462 e. The number of esters is 2. The number of hydrogen-bond donors (Lipinski definition) is 2. The third-order valence-electron chi connectivity index (χ3n) is 4.54. The SMILES string of the molecule is CCOC(=O)c1sc(NC(=S)Nc2ncn(Cc3ccc(C)cc3)n2)c(C(=O)OCC)c1C. The standard InChI is InChI=1S/C22H25N5O4S2/c1-5-30-19(28)16-14(4)17(20(29)31-6-2)33-18(16)24-22(32)25-21-23-12-27(26-21)11-15-9-7-13(3)8-10-15/h7-10,12H,5-6,11H2,1-4H3,(H2,24,25,26,32). The summed E-state index contributed by atoms with van der Waals surface area (Å²) in [5, 5.41) is 10.8. The second-order valence-electron chi connectivity index (χ2n) is 7.03. The van der Waals surface area contributed by atoms with Gasteiger partial charge in [0.15, 0.2) is 5.11 Å². The Hall–Kier alpha value is -3.31. The smallest absolute Gasteiger partial charge is 0.348 e. The van der Waals surface area contributed by atoms with E-state index >= 15 is 0 Å². The van der Waals surface area contributed by atoms with Crippen LogP contribution in [0, 0.1) is 13.8 Å². The Bertz CT molecular complexity index is 1150. The summed E-state index contributed by atoms with van der Waals surface area (Å²) in [6.45, 7) is 8.13. The molecular formula is C22H25N5O4S2. The molecule has 174 valence electrons. The van der Waals surface area contributed by atoms with Crippen LogP contribution in [0.25, 0.3) is 0 Å². The summed E-state index contributed by atoms with van der Waals surface area (Å²) < 4.78 is 11.9. The normalized spacial score (nSPS) is 10.5. The van der Waals surface area contributed by atoms with Crippen molar-refractivity contribution in [3.63, 3.8) is 0 Å². The first-order chi connectivity index (χ1) is 15.8. The van der Waals surface area contributed by atoms with Gasteiger partial charge in [0.2, 0.25) is 5.95 Å². The highest BCUT2D eigenvalue weighted by Crippen LogP contribution is 2.34. The molecule has 9 nitrogen and oxygen atoms in total. The molecule has 3 aromatic rings. The van der Waals surface area contributed by atoms with E-state index in [0.717, 1.165) is 16.9 Å². The molecule has 2 N–H and O–H groups in total. The van der Waals surface area contributed by atoms with Crippen LogP contribution in [0.2, 0.25) is 0 Å². The van der Waals surface area contributed by atoms with Crippen LogP contribution in [-0.2, 0) is 16.0 Å². The molecule has 0 aliphatic carbocycles. The Morgan fingerprint density at radius 3 is 2.39 bits per heavy atom. The van der Waals surface area contributed by atoms with Gasteiger partial charge in [-0.1, -0.05) is 29.8 Å². The van der Waals surface area contributed by atoms with Crippen molar-refractivity contribution in [1.82, 2.24) is 14.8 Å². The van der Waals surface area contributed by atoms with Crippen LogP contribution in [-0.4, -0.2) is 45.0 Å². The van der Waals surface area contributed by atoms with Crippen molar-refractivity contribution < 1.29 is 19.1 Å². The number of aryl methyl sites for hydroxylation is 1. The highest BCUT2D eigenvalue weighted by Gasteiger charge is 2.27. The van der Waals surface area contributed by atoms with Crippen molar-refractivity contribution >= 4 is 51.6 Å². The molecular weight excluding hydrogens is 462 g/mol. The number of rotatable bonds is 8. The van der Waals surface area contributed by atoms with Crippen molar-refractivity contribution in [2.75, 3.05) is 23.8 Å². The van der Waals surface area contributed by atoms with Crippen LogP contribution in [0.4, 0.5) is 10.9 Å². The Balaban J connectivity index is 1.73. The lowest BCUT2D eigenvalue weighted by Crippen LogP contribution is -2.21. The summed E-state index contributed by atoms with van der Waals surface area (Å²) in [5.41, 5.74) is 3.00. The van der Waals surface area contributed by atoms with Crippen molar-refractivity contribution in [2.24, 2.45) is 0 Å². The van der Waals surface area contributed by atoms with Crippen molar-refractivity contribution in [2.45, 2.75) is 34.2 Å². The Kier molecular flexibility index (Phi) is 8.12. The van der Waals surface area contributed by atoms with Gasteiger partial charge in [0, 0.05) is 0 Å². The molecule has 0 saturated heterocycles. The quantitative estimate of drug-likeness (QED) is 0.358. The van der Waals surface area contributed by atoms with Crippen LogP contribution in [0.5, 0.6) is 0 Å². The summed E-state index contributed by atoms with van der Waals surface area (Å²) in [5.74, 6) is -0.752. The minimum Gasteiger partial charge on any atom is -0.462 e. The molecule has 11 heteroatoms. The molecule has 0 aliphatic rings. The molecule has 1 aromatic carbocycles. The average molecular weight is 488 g/mol. The molecule has 0 spiro atoms. The Labute approximate surface area is 201 Å². The number of thiocarbonyl (C=S) groups is 1. The van der Waals surface area contributed by atoms with E-state index in [1.165, 1.54) is 5.56 Å². The summed E-state index contributed by atoms with van der Waals surface area (Å²) in [6, 6.07) is 8.15. The number of ether oxygens (including phenoxy) is 2. The van der Waals surface area contributed by atoms with Crippen LogP contribution >= 0.6 is 23.6 Å². The van der Waals surface area contributed by atoms with Crippen LogP contribution in [0.3, 0.4) is 0 Å². The van der Waals surface area contributed by atoms with E-state index in [9.17, 15) is 9.59 Å². The van der Waals surface area contributed by atoms with Crippen molar-refractivity contribution in [3.8, 4) is 0 Å². The number of hydrogen-bond acceptors (Lipinski definition) is 8. The molecule has 0 unspecified atom stereocenters. The third-order valence-corrected chi connectivity index (χ3v) is 5.93. The van der Waals surface area contributed by atoms with Gasteiger partial charge in [0.05, 0.1) is 25.3 Å². The minimum absolute atomic E-state index is 0.172. The van der Waals surface area contributed by atoms with Gasteiger partial charge >= 0.3 is 11.9 Å². The van der Waals surface area contributed by atoms with Gasteiger partial charge in [0.25, 0.3) is 0 Å². The highest BCUT2D eigenvalue weighted by atomic mass is 32.1. The molecule has 3 rings (SSSR count). The monoisotopic (exact) mass is 487 g/mol. The maximum atomic E-state index is 12.5. The molecule has 0 atom stereocenters. The molecule has 0 fully saturated rings. The Morgan fingerprint density at radius 1 is 1.06 bits per heavy atom. The fourth-order valence-electron chi connectivity index (χ4n) is 2.99. The molecule has 0 radical (unpaired) electrons. The van der Waals surface area contributed by atoms with E-state index in [2.05, 4.69) is 20.7 Å². The summed E-state index contributed by atoms with van der Waals surface area (Å²) in [6.07, 6.45) is 1.60. The molecule has 0 aliphatic heterocycles. The zero-order chi connectivity index (χ0) is 24.0. The first-order valence-corrected chi connectivity index (χ1v) is 11.5. The molecule has 0 amide bonds. The molecule has 2 aromatic heterocycles. The first-order valence-electron chi connectivity index (χ1n) is 10.3. The number of aromatic nitrogens is 3. The number of carbonyl (C=O) groups excluding carboxylic acids is 2. The van der Waals surface area contributed by atoms with Gasteiger partial charge in [-0.15, -0.1) is 16.4 Å². The third kappa shape index (κ3) is 6.14. The molecule has 0 bridgehead atoms. The topological polar surface area (TPSA) is 107 Å². The van der Waals surface area contributed by atoms with Crippen molar-refractivity contribution in [3.05, 3.63) is 57.7 Å². The van der Waals surface area contributed by atoms with E-state index in [0.29, 0.717) is 27.9 Å². The number of carbonyl (C=O) groups is 2. The number of thiophene rings is 1. The van der Waals surface area contributed by atoms with E-state index in [4.69, 9.17) is 21.7 Å². The second-order valence-corrected chi connectivity index (χ2v) is 8.46. The summed E-state index contributed by atoms with van der Waals surface area (Å²) in [4.78, 5) is 29.4. The highest BCUT2D eigenvalue weighted by molar-refractivity contribution is 7.80. The fraction of sp³-hybridized carbons (Fsp3) is 0.318. The number of nitrogens with zero attached hydrogens (tertiary/aromatic N) is 3. The van der Waals surface area contributed by atoms with E-state index in [-0.39, 0.29) is 23.9 Å². The zero-order valence-corrected chi connectivity index (χ0v) is 20.4. The summed E-state index contributed by atoms with van der Waals surface area (Å²) >= 11 is 6.45. The van der Waals surface area contributed by atoms with Gasteiger partial charge in [-0.2, -0.15) is 0 Å². The summed E-state index contributed by atoms with van der Waals surface area (Å²) in [7, 11) is 0. The Morgan fingerprint density at radius 2 is 1.73 bits per heavy atom. The second kappa shape index (κ2) is 11.0. The minimum atomic E-state index is -0.549. The lowest BCUT2D eigenvalue weighted by molar-refractivity contribution is 0.0527. The van der Waals surface area contributed by atoms with Crippen LogP contribution < -0.4 is 10.6 Å². The van der Waals surface area contributed by atoms with Gasteiger partial charge in [-0.05, 0) is 51.0 Å². The van der Waals surface area contributed by atoms with Crippen LogP contribution in [0.15, 0.2) is 30.6 Å². The predicted molar refractivity (Wildman–Crippen MR) is 131 cm³/mol. The molecule has 2 heterocycles. The molecule has 0 saturated carbocycles. The lowest BCUT2D eigenvalue weighted by atomic mass is 10.1. The maximum Gasteiger partial charge on any atom is 0.348 e. The van der Waals surface area contributed by atoms with Gasteiger partial charge in [-0.3, -0.25) is 5.32 Å². The maximum absolute atomic E-state index is 12.5.